The van der Waals surface area contributed by atoms with Crippen molar-refractivity contribution in [2.45, 2.75) is 31.9 Å². The Morgan fingerprint density at radius 1 is 1.50 bits per heavy atom. The first kappa shape index (κ1) is 12.9. The molecule has 2 atom stereocenters. The minimum atomic E-state index is -0.558. The molecule has 3 N–H and O–H groups in total. The monoisotopic (exact) mass is 271 g/mol. The molecule has 1 aliphatic rings. The number of aryl methyl sites for hydroxylation is 1. The van der Waals surface area contributed by atoms with E-state index in [2.05, 4.69) is 15.5 Å². The summed E-state index contributed by atoms with van der Waals surface area (Å²) in [6.07, 6.45) is 0.246. The Labute approximate surface area is 117 Å². The molecule has 5 heteroatoms. The van der Waals surface area contributed by atoms with Gasteiger partial charge in [-0.25, -0.2) is 0 Å². The van der Waals surface area contributed by atoms with Crippen molar-refractivity contribution in [1.29, 1.82) is 0 Å². The van der Waals surface area contributed by atoms with Gasteiger partial charge >= 0.3 is 0 Å². The van der Waals surface area contributed by atoms with Crippen molar-refractivity contribution in [3.8, 4) is 0 Å². The van der Waals surface area contributed by atoms with Crippen LogP contribution in [0.1, 0.15) is 28.6 Å². The first-order valence-corrected chi connectivity index (χ1v) is 6.69. The highest BCUT2D eigenvalue weighted by Gasteiger charge is 2.31. The molecular weight excluding hydrogens is 254 g/mol. The minimum Gasteiger partial charge on any atom is -0.390 e. The number of aliphatic hydroxyl groups excluding tert-OH is 1. The molecule has 1 aromatic heterocycles. The van der Waals surface area contributed by atoms with E-state index in [-0.39, 0.29) is 18.4 Å². The van der Waals surface area contributed by atoms with E-state index in [4.69, 9.17) is 0 Å². The summed E-state index contributed by atoms with van der Waals surface area (Å²) in [7, 11) is 0. The quantitative estimate of drug-likeness (QED) is 0.780. The number of nitrogens with one attached hydrogen (secondary N) is 2. The lowest BCUT2D eigenvalue weighted by atomic mass is 10.1. The number of aromatic nitrogens is 2. The smallest absolute Gasteiger partial charge is 0.226 e. The molecule has 0 aliphatic heterocycles. The number of amides is 1. The summed E-state index contributed by atoms with van der Waals surface area (Å²) in [6.45, 7) is 1.89. The van der Waals surface area contributed by atoms with E-state index in [0.29, 0.717) is 12.1 Å². The molecule has 0 saturated carbocycles. The van der Waals surface area contributed by atoms with E-state index in [1.165, 1.54) is 0 Å². The number of H-pyrrole nitrogens is 1. The zero-order valence-electron chi connectivity index (χ0n) is 11.3. The highest BCUT2D eigenvalue weighted by atomic mass is 16.3. The van der Waals surface area contributed by atoms with Crippen molar-refractivity contribution in [3.05, 3.63) is 52.8 Å². The summed E-state index contributed by atoms with van der Waals surface area (Å²) in [5, 5.41) is 19.9. The molecule has 1 aliphatic carbocycles. The second-order valence-corrected chi connectivity index (χ2v) is 5.23. The lowest BCUT2D eigenvalue weighted by Gasteiger charge is -2.17. The van der Waals surface area contributed by atoms with Crippen LogP contribution >= 0.6 is 0 Å². The third-order valence-electron chi connectivity index (χ3n) is 3.62. The first-order valence-electron chi connectivity index (χ1n) is 6.69. The van der Waals surface area contributed by atoms with E-state index in [1.807, 2.05) is 37.3 Å². The molecule has 0 saturated heterocycles. The van der Waals surface area contributed by atoms with E-state index in [1.54, 1.807) is 0 Å². The normalized spacial score (nSPS) is 20.7. The number of aromatic amines is 1. The zero-order chi connectivity index (χ0) is 14.1. The molecule has 5 nitrogen and oxygen atoms in total. The Bertz CT molecular complexity index is 636. The molecule has 1 amide bonds. The summed E-state index contributed by atoms with van der Waals surface area (Å²) in [4.78, 5) is 12.1. The van der Waals surface area contributed by atoms with Crippen molar-refractivity contribution >= 4 is 5.91 Å². The summed E-state index contributed by atoms with van der Waals surface area (Å²) in [6, 6.07) is 9.34. The fraction of sp³-hybridized carbons (Fsp3) is 0.333. The molecule has 1 heterocycles. The average molecular weight is 271 g/mol. The highest BCUT2D eigenvalue weighted by molar-refractivity contribution is 5.79. The number of carbonyl (C=O) groups excluding carboxylic acids is 1. The largest absolute Gasteiger partial charge is 0.390 e. The average Bonchev–Trinajstić information content (AvgIpc) is 2.94. The van der Waals surface area contributed by atoms with Gasteiger partial charge in [-0.1, -0.05) is 24.3 Å². The number of hydrogen-bond donors (Lipinski definition) is 3. The maximum atomic E-state index is 12.1. The molecule has 0 fully saturated rings. The standard InChI is InChI=1S/C15H17N3O2/c1-9-6-11(18-17-9)8-14(20)16-15-12-5-3-2-4-10(12)7-13(15)19/h2-6,13,15,19H,7-8H2,1H3,(H,16,20)(H,17,18). The molecule has 20 heavy (non-hydrogen) atoms. The van der Waals surface area contributed by atoms with E-state index in [0.717, 1.165) is 16.8 Å². The predicted octanol–water partition coefficient (Wildman–Crippen LogP) is 1.04. The van der Waals surface area contributed by atoms with Crippen LogP contribution in [0.5, 0.6) is 0 Å². The van der Waals surface area contributed by atoms with Gasteiger partial charge in [0, 0.05) is 12.1 Å². The number of benzene rings is 1. The molecule has 0 radical (unpaired) electrons. The van der Waals surface area contributed by atoms with Crippen LogP contribution < -0.4 is 5.32 Å². The molecule has 104 valence electrons. The van der Waals surface area contributed by atoms with Crippen LogP contribution in [0.4, 0.5) is 0 Å². The topological polar surface area (TPSA) is 78.0 Å². The highest BCUT2D eigenvalue weighted by Crippen LogP contribution is 2.31. The Kier molecular flexibility index (Phi) is 3.28. The lowest BCUT2D eigenvalue weighted by Crippen LogP contribution is -2.34. The van der Waals surface area contributed by atoms with Crippen LogP contribution in [0.25, 0.3) is 0 Å². The number of fused-ring (bicyclic) bond motifs is 1. The second-order valence-electron chi connectivity index (χ2n) is 5.23. The van der Waals surface area contributed by atoms with Gasteiger partial charge in [0.15, 0.2) is 0 Å². The van der Waals surface area contributed by atoms with Crippen LogP contribution in [0.3, 0.4) is 0 Å². The van der Waals surface area contributed by atoms with Gasteiger partial charge in [0.1, 0.15) is 0 Å². The minimum absolute atomic E-state index is 0.128. The van der Waals surface area contributed by atoms with Crippen molar-refractivity contribution in [2.75, 3.05) is 0 Å². The van der Waals surface area contributed by atoms with Gasteiger partial charge in [-0.3, -0.25) is 9.89 Å². The number of rotatable bonds is 3. The van der Waals surface area contributed by atoms with E-state index < -0.39 is 6.10 Å². The third kappa shape index (κ3) is 2.44. The van der Waals surface area contributed by atoms with Gasteiger partial charge in [0.2, 0.25) is 5.91 Å². The van der Waals surface area contributed by atoms with Crippen molar-refractivity contribution < 1.29 is 9.90 Å². The summed E-state index contributed by atoms with van der Waals surface area (Å²) in [5.41, 5.74) is 3.74. The Balaban J connectivity index is 1.70. The SMILES string of the molecule is Cc1cc(CC(=O)NC2c3ccccc3CC2O)n[nH]1. The fourth-order valence-electron chi connectivity index (χ4n) is 2.70. The summed E-state index contributed by atoms with van der Waals surface area (Å²) >= 11 is 0. The Morgan fingerprint density at radius 3 is 3.05 bits per heavy atom. The molecule has 3 rings (SSSR count). The van der Waals surface area contributed by atoms with Crippen LogP contribution in [-0.4, -0.2) is 27.3 Å². The van der Waals surface area contributed by atoms with Crippen LogP contribution in [0, 0.1) is 6.92 Å². The zero-order valence-corrected chi connectivity index (χ0v) is 11.3. The predicted molar refractivity (Wildman–Crippen MR) is 74.1 cm³/mol. The molecule has 2 aromatic rings. The molecule has 0 bridgehead atoms. The molecular formula is C15H17N3O2. The third-order valence-corrected chi connectivity index (χ3v) is 3.62. The summed E-state index contributed by atoms with van der Waals surface area (Å²) in [5.74, 6) is -0.128. The van der Waals surface area contributed by atoms with Crippen molar-refractivity contribution in [1.82, 2.24) is 15.5 Å². The van der Waals surface area contributed by atoms with E-state index in [9.17, 15) is 9.90 Å². The van der Waals surface area contributed by atoms with Gasteiger partial charge in [-0.15, -0.1) is 0 Å². The number of aliphatic hydroxyl groups is 1. The van der Waals surface area contributed by atoms with Crippen molar-refractivity contribution in [2.24, 2.45) is 0 Å². The molecule has 1 aromatic carbocycles. The van der Waals surface area contributed by atoms with Gasteiger partial charge in [0.05, 0.1) is 24.3 Å². The van der Waals surface area contributed by atoms with Gasteiger partial charge in [0.25, 0.3) is 0 Å². The Hall–Kier alpha value is -2.14. The van der Waals surface area contributed by atoms with Gasteiger partial charge in [-0.05, 0) is 24.1 Å². The maximum absolute atomic E-state index is 12.1. The number of carbonyl (C=O) groups is 1. The fourth-order valence-corrected chi connectivity index (χ4v) is 2.70. The van der Waals surface area contributed by atoms with Gasteiger partial charge < -0.3 is 10.4 Å². The number of nitrogens with zero attached hydrogens (tertiary/aromatic N) is 1. The second kappa shape index (κ2) is 5.09. The maximum Gasteiger partial charge on any atom is 0.226 e. The van der Waals surface area contributed by atoms with Crippen LogP contribution in [0.2, 0.25) is 0 Å². The molecule has 2 unspecified atom stereocenters. The van der Waals surface area contributed by atoms with Crippen LogP contribution in [0.15, 0.2) is 30.3 Å². The van der Waals surface area contributed by atoms with Gasteiger partial charge in [-0.2, -0.15) is 5.10 Å². The lowest BCUT2D eigenvalue weighted by molar-refractivity contribution is -0.122. The first-order chi connectivity index (χ1) is 9.63. The Morgan fingerprint density at radius 2 is 2.30 bits per heavy atom. The molecule has 0 spiro atoms. The van der Waals surface area contributed by atoms with Crippen molar-refractivity contribution in [3.63, 3.8) is 0 Å². The van der Waals surface area contributed by atoms with Crippen LogP contribution in [-0.2, 0) is 17.6 Å². The summed E-state index contributed by atoms with van der Waals surface area (Å²) < 4.78 is 0. The number of hydrogen-bond acceptors (Lipinski definition) is 3. The van der Waals surface area contributed by atoms with E-state index >= 15 is 0 Å².